The summed E-state index contributed by atoms with van der Waals surface area (Å²) in [6.07, 6.45) is 10.4. The number of nitrogens with zero attached hydrogens (tertiary/aromatic N) is 3. The minimum atomic E-state index is 0.0359. The van der Waals surface area contributed by atoms with Gasteiger partial charge in [-0.2, -0.15) is 0 Å². The number of hydrogen-bond donors (Lipinski definition) is 3. The van der Waals surface area contributed by atoms with Gasteiger partial charge in [0.1, 0.15) is 17.1 Å². The molecule has 1 aliphatic rings. The van der Waals surface area contributed by atoms with Gasteiger partial charge < -0.3 is 20.9 Å². The number of ether oxygens (including phenoxy) is 1. The van der Waals surface area contributed by atoms with Crippen molar-refractivity contribution in [3.8, 4) is 17.0 Å². The summed E-state index contributed by atoms with van der Waals surface area (Å²) in [5, 5.41) is 12.8. The summed E-state index contributed by atoms with van der Waals surface area (Å²) in [4.78, 5) is 13.4. The summed E-state index contributed by atoms with van der Waals surface area (Å²) in [6.45, 7) is 2.74. The average Bonchev–Trinajstić information content (AvgIpc) is 3.28. The molecular formula is C27H33N5O2S. The average molecular weight is 492 g/mol. The second-order valence-electron chi connectivity index (χ2n) is 8.64. The Kier molecular flexibility index (Phi) is 8.50. The van der Waals surface area contributed by atoms with E-state index in [1.54, 1.807) is 19.5 Å². The van der Waals surface area contributed by atoms with E-state index in [1.807, 2.05) is 18.2 Å². The quantitative estimate of drug-likeness (QED) is 0.311. The number of benzene rings is 2. The maximum Gasteiger partial charge on any atom is 0.181 e. The Morgan fingerprint density at radius 3 is 2.63 bits per heavy atom. The predicted octanol–water partition coefficient (Wildman–Crippen LogP) is 5.83. The Morgan fingerprint density at radius 2 is 1.91 bits per heavy atom. The molecule has 2 aromatic heterocycles. The third-order valence-electron chi connectivity index (χ3n) is 6.11. The number of nitrogens with two attached hydrogens (primary N) is 1. The number of aliphatic hydroxyl groups excluding tert-OH is 1. The third kappa shape index (κ3) is 6.46. The Labute approximate surface area is 210 Å². The molecule has 0 spiro atoms. The Bertz CT molecular complexity index is 1250. The lowest BCUT2D eigenvalue weighted by atomic mass is 9.98. The number of nitrogen functional groups attached to an aromatic ring is 1. The van der Waals surface area contributed by atoms with Crippen LogP contribution < -0.4 is 15.8 Å². The molecular weight excluding hydrogens is 458 g/mol. The van der Waals surface area contributed by atoms with Crippen LogP contribution in [0, 0.1) is 0 Å². The lowest BCUT2D eigenvalue weighted by Crippen LogP contribution is -2.09. The largest absolute Gasteiger partial charge is 0.494 e. The highest BCUT2D eigenvalue weighted by Crippen LogP contribution is 2.32. The summed E-state index contributed by atoms with van der Waals surface area (Å²) in [7, 11) is 1.64. The van der Waals surface area contributed by atoms with Gasteiger partial charge >= 0.3 is 0 Å². The fraction of sp³-hybridized carbons (Fsp3) is 0.370. The highest BCUT2D eigenvalue weighted by atomic mass is 32.1. The molecule has 5 rings (SSSR count). The van der Waals surface area contributed by atoms with Crippen LogP contribution in [0.3, 0.4) is 0 Å². The van der Waals surface area contributed by atoms with Crippen molar-refractivity contribution in [3.05, 3.63) is 59.9 Å². The Balaban J connectivity index is 0.000000356. The number of anilines is 2. The van der Waals surface area contributed by atoms with E-state index in [0.717, 1.165) is 57.9 Å². The second kappa shape index (κ2) is 12.0. The van der Waals surface area contributed by atoms with Crippen molar-refractivity contribution in [2.75, 3.05) is 18.2 Å². The van der Waals surface area contributed by atoms with Gasteiger partial charge in [-0.05, 0) is 42.5 Å². The van der Waals surface area contributed by atoms with Gasteiger partial charge in [-0.25, -0.2) is 9.97 Å². The lowest BCUT2D eigenvalue weighted by molar-refractivity contribution is 0.130. The monoisotopic (exact) mass is 491 g/mol. The topological polar surface area (TPSA) is 106 Å². The number of methoxy groups -OCH3 is 1. The van der Waals surface area contributed by atoms with E-state index in [2.05, 4.69) is 40.4 Å². The molecule has 1 aliphatic carbocycles. The van der Waals surface area contributed by atoms with E-state index in [-0.39, 0.29) is 6.10 Å². The van der Waals surface area contributed by atoms with Crippen molar-refractivity contribution >= 4 is 32.5 Å². The van der Waals surface area contributed by atoms with Crippen LogP contribution >= 0.6 is 11.3 Å². The summed E-state index contributed by atoms with van der Waals surface area (Å²) in [6, 6.07) is 12.3. The first-order valence-electron chi connectivity index (χ1n) is 12.1. The van der Waals surface area contributed by atoms with E-state index in [1.165, 1.54) is 36.2 Å². The first-order valence-corrected chi connectivity index (χ1v) is 12.9. The van der Waals surface area contributed by atoms with Crippen LogP contribution in [0.2, 0.25) is 0 Å². The number of rotatable bonds is 6. The number of nitrogens with one attached hydrogen (secondary N) is 1. The van der Waals surface area contributed by atoms with Gasteiger partial charge in [-0.3, -0.25) is 4.98 Å². The molecule has 0 aliphatic heterocycles. The molecule has 8 heteroatoms. The SMILES string of the molecule is CCc1ccccc1-c1cncc(NCc2cc(OC)c3nc(N)sc3c2)n1.OC1CCCCC1. The number of thiazole rings is 1. The van der Waals surface area contributed by atoms with Gasteiger partial charge in [0.2, 0.25) is 0 Å². The smallest absolute Gasteiger partial charge is 0.181 e. The van der Waals surface area contributed by atoms with E-state index >= 15 is 0 Å². The van der Waals surface area contributed by atoms with Crippen molar-refractivity contribution in [2.45, 2.75) is 58.1 Å². The first-order chi connectivity index (χ1) is 17.1. The minimum Gasteiger partial charge on any atom is -0.494 e. The van der Waals surface area contributed by atoms with E-state index in [0.29, 0.717) is 11.7 Å². The minimum absolute atomic E-state index is 0.0359. The lowest BCUT2D eigenvalue weighted by Gasteiger charge is -2.14. The van der Waals surface area contributed by atoms with E-state index in [9.17, 15) is 0 Å². The van der Waals surface area contributed by atoms with Crippen LogP contribution in [0.1, 0.15) is 50.2 Å². The van der Waals surface area contributed by atoms with Gasteiger partial charge in [0.25, 0.3) is 0 Å². The number of aromatic nitrogens is 3. The molecule has 184 valence electrons. The molecule has 0 amide bonds. The molecule has 0 unspecified atom stereocenters. The Morgan fingerprint density at radius 1 is 1.11 bits per heavy atom. The van der Waals surface area contributed by atoms with Crippen molar-refractivity contribution < 1.29 is 9.84 Å². The second-order valence-corrected chi connectivity index (χ2v) is 9.70. The van der Waals surface area contributed by atoms with Crippen LogP contribution in [0.25, 0.3) is 21.5 Å². The fourth-order valence-electron chi connectivity index (χ4n) is 4.26. The number of fused-ring (bicyclic) bond motifs is 1. The molecule has 2 aromatic carbocycles. The van der Waals surface area contributed by atoms with Crippen molar-refractivity contribution in [1.82, 2.24) is 15.0 Å². The Hall–Kier alpha value is -3.23. The molecule has 0 bridgehead atoms. The van der Waals surface area contributed by atoms with Crippen LogP contribution in [-0.2, 0) is 13.0 Å². The molecule has 4 N–H and O–H groups in total. The standard InChI is InChI=1S/C21H21N5OS.C6H12O/c1-3-14-6-4-5-7-15(14)16-11-23-12-19(25-16)24-10-13-8-17(27-2)20-18(9-13)28-21(22)26-20;7-6-4-2-1-3-5-6/h4-9,11-12H,3,10H2,1-2H3,(H2,22,26)(H,24,25);6-7H,1-5H2. The van der Waals surface area contributed by atoms with Crippen molar-refractivity contribution in [2.24, 2.45) is 0 Å². The summed E-state index contributed by atoms with van der Waals surface area (Å²) < 4.78 is 6.47. The van der Waals surface area contributed by atoms with Crippen LogP contribution in [0.5, 0.6) is 5.75 Å². The number of aryl methyl sites for hydroxylation is 1. The normalized spacial score (nSPS) is 13.8. The molecule has 0 saturated heterocycles. The number of aliphatic hydroxyl groups is 1. The maximum absolute atomic E-state index is 8.91. The van der Waals surface area contributed by atoms with E-state index in [4.69, 9.17) is 20.6 Å². The van der Waals surface area contributed by atoms with Gasteiger partial charge in [0.15, 0.2) is 5.13 Å². The van der Waals surface area contributed by atoms with E-state index < -0.39 is 0 Å². The van der Waals surface area contributed by atoms with Crippen molar-refractivity contribution in [1.29, 1.82) is 0 Å². The zero-order valence-corrected chi connectivity index (χ0v) is 21.1. The molecule has 0 atom stereocenters. The summed E-state index contributed by atoms with van der Waals surface area (Å²) >= 11 is 1.45. The zero-order valence-electron chi connectivity index (χ0n) is 20.3. The first kappa shape index (κ1) is 24.9. The molecule has 1 saturated carbocycles. The number of hydrogen-bond acceptors (Lipinski definition) is 8. The predicted molar refractivity (Wildman–Crippen MR) is 144 cm³/mol. The van der Waals surface area contributed by atoms with Gasteiger partial charge in [0, 0.05) is 12.1 Å². The molecule has 0 radical (unpaired) electrons. The highest BCUT2D eigenvalue weighted by Gasteiger charge is 2.11. The van der Waals surface area contributed by atoms with Crippen LogP contribution in [0.15, 0.2) is 48.8 Å². The highest BCUT2D eigenvalue weighted by molar-refractivity contribution is 7.22. The summed E-state index contributed by atoms with van der Waals surface area (Å²) in [5.74, 6) is 1.45. The molecule has 35 heavy (non-hydrogen) atoms. The molecule has 1 fully saturated rings. The van der Waals surface area contributed by atoms with Crippen molar-refractivity contribution in [3.63, 3.8) is 0 Å². The zero-order chi connectivity index (χ0) is 24.6. The van der Waals surface area contributed by atoms with Gasteiger partial charge in [0.05, 0.1) is 36.0 Å². The third-order valence-corrected chi connectivity index (χ3v) is 6.94. The maximum atomic E-state index is 8.91. The van der Waals surface area contributed by atoms with Crippen LogP contribution in [0.4, 0.5) is 10.9 Å². The fourth-order valence-corrected chi connectivity index (χ4v) is 5.08. The van der Waals surface area contributed by atoms with Gasteiger partial charge in [-0.15, -0.1) is 0 Å². The van der Waals surface area contributed by atoms with Crippen LogP contribution in [-0.4, -0.2) is 33.3 Å². The molecule has 2 heterocycles. The molecule has 4 aromatic rings. The molecule has 7 nitrogen and oxygen atoms in total. The van der Waals surface area contributed by atoms with Gasteiger partial charge in [-0.1, -0.05) is 61.8 Å². The summed E-state index contributed by atoms with van der Waals surface area (Å²) in [5.41, 5.74) is 10.9.